The van der Waals surface area contributed by atoms with E-state index in [0.29, 0.717) is 12.0 Å². The Labute approximate surface area is 153 Å². The Morgan fingerprint density at radius 1 is 1.00 bits per heavy atom. The number of anilines is 1. The summed E-state index contributed by atoms with van der Waals surface area (Å²) in [4.78, 5) is 10.1. The molecule has 0 aliphatic carbocycles. The molecule has 2 aromatic rings. The first-order valence-electron chi connectivity index (χ1n) is 9.83. The van der Waals surface area contributed by atoms with Crippen LogP contribution in [0.15, 0.2) is 18.2 Å². The second-order valence-corrected chi connectivity index (χ2v) is 7.99. The maximum atomic E-state index is 4.97. The minimum atomic E-state index is 0.516. The van der Waals surface area contributed by atoms with Crippen LogP contribution in [-0.2, 0) is 6.42 Å². The molecule has 3 nitrogen and oxygen atoms in total. The third-order valence-corrected chi connectivity index (χ3v) is 5.53. The molecule has 0 bridgehead atoms. The van der Waals surface area contributed by atoms with E-state index >= 15 is 0 Å². The highest BCUT2D eigenvalue weighted by atomic mass is 15.3. The summed E-state index contributed by atoms with van der Waals surface area (Å²) in [5, 5.41) is 1.35. The lowest BCUT2D eigenvalue weighted by atomic mass is 9.95. The summed E-state index contributed by atoms with van der Waals surface area (Å²) in [7, 11) is 0. The molecule has 0 radical (unpaired) electrons. The predicted octanol–water partition coefficient (Wildman–Crippen LogP) is 4.76. The summed E-state index contributed by atoms with van der Waals surface area (Å²) >= 11 is 0. The molecule has 2 heterocycles. The first-order chi connectivity index (χ1) is 11.9. The molecular formula is C22H33N3. The lowest BCUT2D eigenvalue weighted by molar-refractivity contribution is 0.209. The molecule has 1 aromatic heterocycles. The third-order valence-electron chi connectivity index (χ3n) is 5.53. The highest BCUT2D eigenvalue weighted by Crippen LogP contribution is 2.34. The molecule has 1 aliphatic heterocycles. The van der Waals surface area contributed by atoms with E-state index in [1.54, 1.807) is 0 Å². The van der Waals surface area contributed by atoms with Crippen molar-refractivity contribution in [3.8, 4) is 0 Å². The first kappa shape index (κ1) is 18.2. The van der Waals surface area contributed by atoms with Crippen molar-refractivity contribution in [1.29, 1.82) is 0 Å². The van der Waals surface area contributed by atoms with Gasteiger partial charge in [-0.15, -0.1) is 0 Å². The van der Waals surface area contributed by atoms with Gasteiger partial charge in [-0.25, -0.2) is 0 Å². The fraction of sp³-hybridized carbons (Fsp3) is 0.591. The molecule has 3 rings (SSSR count). The largest absolute Gasteiger partial charge is 0.367 e. The Bertz CT molecular complexity index is 741. The molecule has 1 aromatic carbocycles. The zero-order valence-corrected chi connectivity index (χ0v) is 16.8. The van der Waals surface area contributed by atoms with Crippen molar-refractivity contribution in [3.63, 3.8) is 0 Å². The van der Waals surface area contributed by atoms with Crippen LogP contribution < -0.4 is 4.90 Å². The number of fused-ring (bicyclic) bond motifs is 1. The van der Waals surface area contributed by atoms with Crippen LogP contribution in [0.1, 0.15) is 57.4 Å². The van der Waals surface area contributed by atoms with Crippen LogP contribution in [0.25, 0.3) is 10.9 Å². The Morgan fingerprint density at radius 3 is 2.24 bits per heavy atom. The Balaban J connectivity index is 2.08. The smallest absolute Gasteiger partial charge is 0.0941 e. The summed E-state index contributed by atoms with van der Waals surface area (Å²) < 4.78 is 0. The third kappa shape index (κ3) is 3.67. The fourth-order valence-electron chi connectivity index (χ4n) is 3.93. The van der Waals surface area contributed by atoms with Crippen molar-refractivity contribution in [2.24, 2.45) is 0 Å². The number of hydrogen-bond donors (Lipinski definition) is 0. The van der Waals surface area contributed by atoms with Crippen LogP contribution in [-0.4, -0.2) is 42.1 Å². The van der Waals surface area contributed by atoms with E-state index in [1.165, 1.54) is 27.7 Å². The van der Waals surface area contributed by atoms with Crippen LogP contribution in [0.3, 0.4) is 0 Å². The molecule has 0 unspecified atom stereocenters. The molecule has 3 heteroatoms. The van der Waals surface area contributed by atoms with Crippen LogP contribution in [0.2, 0.25) is 0 Å². The molecule has 136 valence electrons. The minimum absolute atomic E-state index is 0.516. The standard InChI is InChI=1S/C22H33N3/c1-7-18-13-20-19(15(2)3)12-17(6)23-22(20)21(14-18)25-10-8-24(9-11-25)16(4)5/h12-16H,7-11H2,1-6H3. The Morgan fingerprint density at radius 2 is 1.68 bits per heavy atom. The molecule has 1 aliphatic rings. The summed E-state index contributed by atoms with van der Waals surface area (Å²) in [5.41, 5.74) is 6.51. The van der Waals surface area contributed by atoms with Gasteiger partial charge in [0.2, 0.25) is 0 Å². The molecule has 0 N–H and O–H groups in total. The normalized spacial score (nSPS) is 16.4. The van der Waals surface area contributed by atoms with Gasteiger partial charge in [0.05, 0.1) is 11.2 Å². The highest BCUT2D eigenvalue weighted by molar-refractivity contribution is 5.94. The molecule has 0 spiro atoms. The van der Waals surface area contributed by atoms with E-state index < -0.39 is 0 Å². The summed E-state index contributed by atoms with van der Waals surface area (Å²) in [6.07, 6.45) is 1.07. The predicted molar refractivity (Wildman–Crippen MR) is 109 cm³/mol. The monoisotopic (exact) mass is 339 g/mol. The van der Waals surface area contributed by atoms with E-state index in [1.807, 2.05) is 0 Å². The van der Waals surface area contributed by atoms with E-state index in [-0.39, 0.29) is 0 Å². The van der Waals surface area contributed by atoms with Crippen molar-refractivity contribution in [2.45, 2.75) is 59.9 Å². The quantitative estimate of drug-likeness (QED) is 0.800. The number of nitrogens with zero attached hydrogens (tertiary/aromatic N) is 3. The number of piperazine rings is 1. The maximum absolute atomic E-state index is 4.97. The van der Waals surface area contributed by atoms with Crippen LogP contribution in [0.4, 0.5) is 5.69 Å². The molecule has 0 saturated carbocycles. The topological polar surface area (TPSA) is 19.4 Å². The van der Waals surface area contributed by atoms with E-state index in [9.17, 15) is 0 Å². The number of pyridine rings is 1. The summed E-state index contributed by atoms with van der Waals surface area (Å²) in [6.45, 7) is 18.0. The zero-order chi connectivity index (χ0) is 18.1. The number of aromatic nitrogens is 1. The van der Waals surface area contributed by atoms with Gasteiger partial charge in [-0.1, -0.05) is 20.8 Å². The van der Waals surface area contributed by atoms with Gasteiger partial charge < -0.3 is 4.90 Å². The average Bonchev–Trinajstić information content (AvgIpc) is 2.60. The van der Waals surface area contributed by atoms with E-state index in [2.05, 4.69) is 69.5 Å². The van der Waals surface area contributed by atoms with Gasteiger partial charge in [-0.05, 0) is 62.4 Å². The molecule has 25 heavy (non-hydrogen) atoms. The average molecular weight is 340 g/mol. The van der Waals surface area contributed by atoms with Crippen molar-refractivity contribution in [3.05, 3.63) is 35.0 Å². The second-order valence-electron chi connectivity index (χ2n) is 7.99. The maximum Gasteiger partial charge on any atom is 0.0941 e. The summed E-state index contributed by atoms with van der Waals surface area (Å²) in [5.74, 6) is 0.516. The van der Waals surface area contributed by atoms with Gasteiger partial charge in [0.25, 0.3) is 0 Å². The number of hydrogen-bond acceptors (Lipinski definition) is 3. The van der Waals surface area contributed by atoms with Gasteiger partial charge >= 0.3 is 0 Å². The van der Waals surface area contributed by atoms with Crippen LogP contribution in [0, 0.1) is 6.92 Å². The second kappa shape index (κ2) is 7.33. The van der Waals surface area contributed by atoms with Gasteiger partial charge in [0.1, 0.15) is 0 Å². The van der Waals surface area contributed by atoms with E-state index in [0.717, 1.165) is 38.3 Å². The Hall–Kier alpha value is -1.61. The SMILES string of the molecule is CCc1cc(N2CCN(C(C)C)CC2)c2nc(C)cc(C(C)C)c2c1. The molecule has 0 amide bonds. The molecule has 1 saturated heterocycles. The van der Waals surface area contributed by atoms with Crippen LogP contribution >= 0.6 is 0 Å². The zero-order valence-electron chi connectivity index (χ0n) is 16.8. The minimum Gasteiger partial charge on any atom is -0.367 e. The van der Waals surface area contributed by atoms with E-state index in [4.69, 9.17) is 4.98 Å². The summed E-state index contributed by atoms with van der Waals surface area (Å²) in [6, 6.07) is 7.65. The lowest BCUT2D eigenvalue weighted by Gasteiger charge is -2.38. The van der Waals surface area contributed by atoms with Crippen molar-refractivity contribution < 1.29 is 0 Å². The fourth-order valence-corrected chi connectivity index (χ4v) is 3.93. The molecule has 0 atom stereocenters. The van der Waals surface area contributed by atoms with Crippen molar-refractivity contribution >= 4 is 16.6 Å². The van der Waals surface area contributed by atoms with Crippen molar-refractivity contribution in [1.82, 2.24) is 9.88 Å². The number of rotatable bonds is 4. The van der Waals surface area contributed by atoms with Gasteiger partial charge in [-0.3, -0.25) is 9.88 Å². The first-order valence-corrected chi connectivity index (χ1v) is 9.83. The highest BCUT2D eigenvalue weighted by Gasteiger charge is 2.22. The molecular weight excluding hydrogens is 306 g/mol. The Kier molecular flexibility index (Phi) is 5.33. The molecule has 1 fully saturated rings. The lowest BCUT2D eigenvalue weighted by Crippen LogP contribution is -2.49. The van der Waals surface area contributed by atoms with Gasteiger partial charge in [0, 0.05) is 43.3 Å². The van der Waals surface area contributed by atoms with Crippen molar-refractivity contribution in [2.75, 3.05) is 31.1 Å². The van der Waals surface area contributed by atoms with Gasteiger partial charge in [-0.2, -0.15) is 0 Å². The number of benzene rings is 1. The number of aryl methyl sites for hydroxylation is 2. The van der Waals surface area contributed by atoms with Crippen LogP contribution in [0.5, 0.6) is 0 Å². The van der Waals surface area contributed by atoms with Gasteiger partial charge in [0.15, 0.2) is 0 Å².